The van der Waals surface area contributed by atoms with Gasteiger partial charge in [-0.25, -0.2) is 0 Å². The van der Waals surface area contributed by atoms with Crippen LogP contribution >= 0.6 is 11.6 Å². The van der Waals surface area contributed by atoms with Gasteiger partial charge in [0, 0.05) is 5.54 Å². The highest BCUT2D eigenvalue weighted by atomic mass is 35.5. The van der Waals surface area contributed by atoms with Crippen molar-refractivity contribution >= 4 is 17.5 Å². The standard InChI is InChI=1S/C9H18ClNO/c1-5-6-7(10)8(12)11-9(2,3)4/h7H,5-6H2,1-4H3,(H,11,12). The number of hydrogen-bond donors (Lipinski definition) is 1. The van der Waals surface area contributed by atoms with Crippen molar-refractivity contribution in [2.24, 2.45) is 0 Å². The summed E-state index contributed by atoms with van der Waals surface area (Å²) in [6, 6.07) is 0. The topological polar surface area (TPSA) is 29.1 Å². The number of halogens is 1. The van der Waals surface area contributed by atoms with Gasteiger partial charge in [-0.1, -0.05) is 13.3 Å². The fourth-order valence-corrected chi connectivity index (χ4v) is 1.11. The zero-order valence-corrected chi connectivity index (χ0v) is 9.03. The first-order chi connectivity index (χ1) is 5.37. The summed E-state index contributed by atoms with van der Waals surface area (Å²) >= 11 is 5.83. The molecule has 0 rings (SSSR count). The summed E-state index contributed by atoms with van der Waals surface area (Å²) in [6.45, 7) is 7.85. The highest BCUT2D eigenvalue weighted by Gasteiger charge is 2.19. The van der Waals surface area contributed by atoms with Crippen molar-refractivity contribution in [3.63, 3.8) is 0 Å². The molecule has 0 aliphatic rings. The third-order valence-electron chi connectivity index (χ3n) is 1.32. The predicted molar refractivity (Wildman–Crippen MR) is 52.4 cm³/mol. The quantitative estimate of drug-likeness (QED) is 0.682. The predicted octanol–water partition coefficient (Wildman–Crippen LogP) is 2.31. The van der Waals surface area contributed by atoms with Crippen LogP contribution in [0.1, 0.15) is 40.5 Å². The van der Waals surface area contributed by atoms with Gasteiger partial charge < -0.3 is 5.32 Å². The number of rotatable bonds is 3. The summed E-state index contributed by atoms with van der Waals surface area (Å²) in [6.07, 6.45) is 1.68. The normalized spacial score (nSPS) is 14.1. The molecule has 12 heavy (non-hydrogen) atoms. The van der Waals surface area contributed by atoms with Crippen molar-refractivity contribution < 1.29 is 4.79 Å². The molecule has 1 atom stereocenters. The van der Waals surface area contributed by atoms with Crippen molar-refractivity contribution in [3.05, 3.63) is 0 Å². The van der Waals surface area contributed by atoms with Crippen molar-refractivity contribution in [2.45, 2.75) is 51.5 Å². The third kappa shape index (κ3) is 5.42. The van der Waals surface area contributed by atoms with Gasteiger partial charge in [-0.3, -0.25) is 4.79 Å². The van der Waals surface area contributed by atoms with Crippen LogP contribution in [0, 0.1) is 0 Å². The Balaban J connectivity index is 3.87. The summed E-state index contributed by atoms with van der Waals surface area (Å²) in [5.74, 6) is -0.0639. The van der Waals surface area contributed by atoms with Gasteiger partial charge in [-0.05, 0) is 27.2 Å². The van der Waals surface area contributed by atoms with E-state index in [1.807, 2.05) is 27.7 Å². The highest BCUT2D eigenvalue weighted by Crippen LogP contribution is 2.07. The lowest BCUT2D eigenvalue weighted by Crippen LogP contribution is -2.44. The first-order valence-corrected chi connectivity index (χ1v) is 4.76. The second-order valence-corrected chi connectivity index (χ2v) is 4.52. The van der Waals surface area contributed by atoms with Crippen LogP contribution in [-0.4, -0.2) is 16.8 Å². The van der Waals surface area contributed by atoms with Gasteiger partial charge in [-0.15, -0.1) is 11.6 Å². The van der Waals surface area contributed by atoms with E-state index in [4.69, 9.17) is 11.6 Å². The number of nitrogens with one attached hydrogen (secondary N) is 1. The van der Waals surface area contributed by atoms with E-state index >= 15 is 0 Å². The molecule has 0 radical (unpaired) electrons. The molecule has 0 aromatic rings. The molecule has 0 fully saturated rings. The Kier molecular flexibility index (Phi) is 4.61. The minimum Gasteiger partial charge on any atom is -0.350 e. The maximum Gasteiger partial charge on any atom is 0.238 e. The van der Waals surface area contributed by atoms with Crippen molar-refractivity contribution in [1.82, 2.24) is 5.32 Å². The van der Waals surface area contributed by atoms with Crippen molar-refractivity contribution in [1.29, 1.82) is 0 Å². The van der Waals surface area contributed by atoms with Gasteiger partial charge in [0.15, 0.2) is 0 Å². The summed E-state index contributed by atoms with van der Waals surface area (Å²) in [4.78, 5) is 11.3. The molecule has 0 aromatic carbocycles. The van der Waals surface area contributed by atoms with E-state index in [9.17, 15) is 4.79 Å². The van der Waals surface area contributed by atoms with Gasteiger partial charge in [0.1, 0.15) is 5.38 Å². The number of carbonyl (C=O) groups is 1. The van der Waals surface area contributed by atoms with Crippen LogP contribution in [0.5, 0.6) is 0 Å². The van der Waals surface area contributed by atoms with Gasteiger partial charge in [-0.2, -0.15) is 0 Å². The highest BCUT2D eigenvalue weighted by molar-refractivity contribution is 6.30. The summed E-state index contributed by atoms with van der Waals surface area (Å²) in [5, 5.41) is 2.45. The second-order valence-electron chi connectivity index (χ2n) is 4.00. The molecular formula is C9H18ClNO. The zero-order valence-electron chi connectivity index (χ0n) is 8.28. The van der Waals surface area contributed by atoms with Crippen LogP contribution in [0.25, 0.3) is 0 Å². The Labute approximate surface area is 79.7 Å². The molecule has 0 spiro atoms. The van der Waals surface area contributed by atoms with Gasteiger partial charge in [0.2, 0.25) is 5.91 Å². The maximum absolute atomic E-state index is 11.3. The van der Waals surface area contributed by atoms with E-state index in [0.29, 0.717) is 0 Å². The maximum atomic E-state index is 11.3. The van der Waals surface area contributed by atoms with E-state index in [2.05, 4.69) is 5.32 Å². The van der Waals surface area contributed by atoms with Gasteiger partial charge >= 0.3 is 0 Å². The monoisotopic (exact) mass is 191 g/mol. The number of hydrogen-bond acceptors (Lipinski definition) is 1. The molecule has 0 aliphatic carbocycles. The Morgan fingerprint density at radius 3 is 2.33 bits per heavy atom. The molecule has 0 aromatic heterocycles. The molecule has 1 unspecified atom stereocenters. The van der Waals surface area contributed by atoms with Crippen molar-refractivity contribution in [2.75, 3.05) is 0 Å². The lowest BCUT2D eigenvalue weighted by atomic mass is 10.1. The van der Waals surface area contributed by atoms with Crippen LogP contribution in [-0.2, 0) is 4.79 Å². The third-order valence-corrected chi connectivity index (χ3v) is 1.74. The molecule has 0 saturated carbocycles. The largest absolute Gasteiger partial charge is 0.350 e. The molecule has 0 heterocycles. The van der Waals surface area contributed by atoms with Crippen LogP contribution in [0.15, 0.2) is 0 Å². The van der Waals surface area contributed by atoms with Gasteiger partial charge in [0.05, 0.1) is 0 Å². The Morgan fingerprint density at radius 1 is 1.50 bits per heavy atom. The minimum atomic E-state index is -0.380. The second kappa shape index (κ2) is 4.70. The van der Waals surface area contributed by atoms with Crippen LogP contribution < -0.4 is 5.32 Å². The molecule has 2 nitrogen and oxygen atoms in total. The lowest BCUT2D eigenvalue weighted by molar-refractivity contribution is -0.122. The summed E-state index contributed by atoms with van der Waals surface area (Å²) < 4.78 is 0. The van der Waals surface area contributed by atoms with E-state index in [1.54, 1.807) is 0 Å². The average Bonchev–Trinajstić information content (AvgIpc) is 1.84. The Hall–Kier alpha value is -0.240. The SMILES string of the molecule is CCCC(Cl)C(=O)NC(C)(C)C. The fraction of sp³-hybridized carbons (Fsp3) is 0.889. The van der Waals surface area contributed by atoms with E-state index in [0.717, 1.165) is 12.8 Å². The molecule has 3 heteroatoms. The summed E-state index contributed by atoms with van der Waals surface area (Å²) in [7, 11) is 0. The minimum absolute atomic E-state index is 0.0639. The Morgan fingerprint density at radius 2 is 2.00 bits per heavy atom. The first-order valence-electron chi connectivity index (χ1n) is 4.33. The Bertz CT molecular complexity index is 151. The van der Waals surface area contributed by atoms with E-state index in [1.165, 1.54) is 0 Å². The lowest BCUT2D eigenvalue weighted by Gasteiger charge is -2.22. The number of alkyl halides is 1. The molecule has 0 saturated heterocycles. The smallest absolute Gasteiger partial charge is 0.238 e. The molecule has 1 amide bonds. The fourth-order valence-electron chi connectivity index (χ4n) is 0.832. The summed E-state index contributed by atoms with van der Waals surface area (Å²) in [5.41, 5.74) is -0.183. The molecule has 0 bridgehead atoms. The average molecular weight is 192 g/mol. The van der Waals surface area contributed by atoms with Crippen LogP contribution in [0.3, 0.4) is 0 Å². The number of carbonyl (C=O) groups excluding carboxylic acids is 1. The van der Waals surface area contributed by atoms with Crippen LogP contribution in [0.4, 0.5) is 0 Å². The van der Waals surface area contributed by atoms with Crippen molar-refractivity contribution in [3.8, 4) is 0 Å². The number of amides is 1. The van der Waals surface area contributed by atoms with Gasteiger partial charge in [0.25, 0.3) is 0 Å². The zero-order chi connectivity index (χ0) is 9.78. The van der Waals surface area contributed by atoms with Crippen LogP contribution in [0.2, 0.25) is 0 Å². The van der Waals surface area contributed by atoms with E-state index in [-0.39, 0.29) is 16.8 Å². The molecule has 72 valence electrons. The molecular weight excluding hydrogens is 174 g/mol. The van der Waals surface area contributed by atoms with E-state index < -0.39 is 0 Å². The molecule has 0 aliphatic heterocycles. The molecule has 1 N–H and O–H groups in total. The first kappa shape index (κ1) is 11.8.